The molecule has 1 N–H and O–H groups in total. The highest BCUT2D eigenvalue weighted by atomic mass is 32.2. The minimum Gasteiger partial charge on any atom is -0.309 e. The van der Waals surface area contributed by atoms with E-state index in [0.717, 1.165) is 29.6 Å². The van der Waals surface area contributed by atoms with Crippen LogP contribution in [0.3, 0.4) is 0 Å². The molecule has 0 aliphatic carbocycles. The molecule has 2 aromatic rings. The molecule has 2 rings (SSSR count). The van der Waals surface area contributed by atoms with Crippen molar-refractivity contribution in [2.24, 2.45) is 0 Å². The Hall–Kier alpha value is -1.46. The summed E-state index contributed by atoms with van der Waals surface area (Å²) in [6, 6.07) is 7.98. The standard InChI is InChI=1S/C16H18F2N2S/c1-3-8-19-11(2)16-7-5-13(10-20-16)21-12-4-6-14(17)15(18)9-12/h4-7,9-11,19H,3,8H2,1-2H3. The average Bonchev–Trinajstić information content (AvgIpc) is 2.49. The Bertz CT molecular complexity index is 587. The molecular formula is C16H18F2N2S. The molecule has 0 aliphatic heterocycles. The van der Waals surface area contributed by atoms with E-state index in [0.29, 0.717) is 4.90 Å². The van der Waals surface area contributed by atoms with E-state index in [1.54, 1.807) is 12.3 Å². The summed E-state index contributed by atoms with van der Waals surface area (Å²) in [5, 5.41) is 3.37. The number of nitrogens with zero attached hydrogens (tertiary/aromatic N) is 1. The zero-order valence-electron chi connectivity index (χ0n) is 12.1. The number of rotatable bonds is 6. The third kappa shape index (κ3) is 4.51. The molecule has 0 fully saturated rings. The summed E-state index contributed by atoms with van der Waals surface area (Å²) >= 11 is 1.36. The molecule has 21 heavy (non-hydrogen) atoms. The third-order valence-electron chi connectivity index (χ3n) is 3.03. The molecule has 0 amide bonds. The van der Waals surface area contributed by atoms with E-state index in [9.17, 15) is 8.78 Å². The number of nitrogens with one attached hydrogen (secondary N) is 1. The predicted molar refractivity (Wildman–Crippen MR) is 81.4 cm³/mol. The first-order valence-electron chi connectivity index (χ1n) is 6.92. The fourth-order valence-corrected chi connectivity index (χ4v) is 2.66. The van der Waals surface area contributed by atoms with Gasteiger partial charge < -0.3 is 5.32 Å². The molecule has 2 nitrogen and oxygen atoms in total. The lowest BCUT2D eigenvalue weighted by Gasteiger charge is -2.12. The van der Waals surface area contributed by atoms with Crippen LogP contribution in [-0.2, 0) is 0 Å². The van der Waals surface area contributed by atoms with Gasteiger partial charge in [0.2, 0.25) is 0 Å². The number of halogens is 2. The number of hydrogen-bond donors (Lipinski definition) is 1. The molecule has 0 spiro atoms. The molecule has 0 saturated heterocycles. The van der Waals surface area contributed by atoms with Crippen LogP contribution < -0.4 is 5.32 Å². The molecule has 1 aromatic carbocycles. The Labute approximate surface area is 128 Å². The van der Waals surface area contributed by atoms with Crippen LogP contribution in [0.1, 0.15) is 32.0 Å². The fraction of sp³-hybridized carbons (Fsp3) is 0.312. The van der Waals surface area contributed by atoms with Gasteiger partial charge in [-0.15, -0.1) is 0 Å². The zero-order valence-corrected chi connectivity index (χ0v) is 12.9. The summed E-state index contributed by atoms with van der Waals surface area (Å²) in [5.41, 5.74) is 0.970. The fourth-order valence-electron chi connectivity index (χ4n) is 1.85. The van der Waals surface area contributed by atoms with E-state index in [2.05, 4.69) is 24.1 Å². The van der Waals surface area contributed by atoms with Gasteiger partial charge in [-0.05, 0) is 50.2 Å². The van der Waals surface area contributed by atoms with Crippen LogP contribution in [0.2, 0.25) is 0 Å². The van der Waals surface area contributed by atoms with Crippen LogP contribution in [0.5, 0.6) is 0 Å². The number of pyridine rings is 1. The molecule has 0 radical (unpaired) electrons. The van der Waals surface area contributed by atoms with Crippen LogP contribution in [-0.4, -0.2) is 11.5 Å². The van der Waals surface area contributed by atoms with Crippen molar-refractivity contribution in [3.05, 3.63) is 53.9 Å². The number of benzene rings is 1. The molecular weight excluding hydrogens is 290 g/mol. The second-order valence-electron chi connectivity index (χ2n) is 4.77. The second kappa shape index (κ2) is 7.52. The zero-order chi connectivity index (χ0) is 15.2. The van der Waals surface area contributed by atoms with Crippen molar-refractivity contribution in [2.75, 3.05) is 6.54 Å². The first kappa shape index (κ1) is 15.9. The molecule has 0 saturated carbocycles. The maximum atomic E-state index is 13.2. The quantitative estimate of drug-likeness (QED) is 0.846. The van der Waals surface area contributed by atoms with Gasteiger partial charge in [-0.1, -0.05) is 18.7 Å². The van der Waals surface area contributed by atoms with Crippen molar-refractivity contribution < 1.29 is 8.78 Å². The van der Waals surface area contributed by atoms with E-state index in [1.165, 1.54) is 17.8 Å². The normalized spacial score (nSPS) is 12.4. The molecule has 0 bridgehead atoms. The van der Waals surface area contributed by atoms with Crippen LogP contribution >= 0.6 is 11.8 Å². The Kier molecular flexibility index (Phi) is 5.70. The third-order valence-corrected chi connectivity index (χ3v) is 4.00. The van der Waals surface area contributed by atoms with E-state index in [-0.39, 0.29) is 6.04 Å². The lowest BCUT2D eigenvalue weighted by atomic mass is 10.2. The summed E-state index contributed by atoms with van der Waals surface area (Å²) in [6.07, 6.45) is 2.83. The van der Waals surface area contributed by atoms with Crippen LogP contribution in [0, 0.1) is 11.6 Å². The predicted octanol–water partition coefficient (Wildman–Crippen LogP) is 4.57. The van der Waals surface area contributed by atoms with E-state index < -0.39 is 11.6 Å². The van der Waals surface area contributed by atoms with Crippen LogP contribution in [0.15, 0.2) is 46.3 Å². The Balaban J connectivity index is 2.03. The maximum absolute atomic E-state index is 13.2. The molecule has 0 aliphatic rings. The maximum Gasteiger partial charge on any atom is 0.159 e. The minimum atomic E-state index is -0.832. The van der Waals surface area contributed by atoms with Crippen LogP contribution in [0.25, 0.3) is 0 Å². The van der Waals surface area contributed by atoms with Crippen molar-refractivity contribution in [3.8, 4) is 0 Å². The van der Waals surface area contributed by atoms with Crippen molar-refractivity contribution >= 4 is 11.8 Å². The van der Waals surface area contributed by atoms with Gasteiger partial charge in [-0.25, -0.2) is 8.78 Å². The lowest BCUT2D eigenvalue weighted by Crippen LogP contribution is -2.20. The highest BCUT2D eigenvalue weighted by Gasteiger charge is 2.07. The number of hydrogen-bond acceptors (Lipinski definition) is 3. The summed E-state index contributed by atoms with van der Waals surface area (Å²) in [4.78, 5) is 5.97. The summed E-state index contributed by atoms with van der Waals surface area (Å²) in [5.74, 6) is -1.66. The topological polar surface area (TPSA) is 24.9 Å². The lowest BCUT2D eigenvalue weighted by molar-refractivity contribution is 0.506. The van der Waals surface area contributed by atoms with E-state index in [1.807, 2.05) is 12.1 Å². The van der Waals surface area contributed by atoms with E-state index >= 15 is 0 Å². The van der Waals surface area contributed by atoms with Gasteiger partial charge in [0.05, 0.1) is 5.69 Å². The van der Waals surface area contributed by atoms with Crippen molar-refractivity contribution in [1.82, 2.24) is 10.3 Å². The number of aromatic nitrogens is 1. The van der Waals surface area contributed by atoms with Crippen molar-refractivity contribution in [2.45, 2.75) is 36.1 Å². The van der Waals surface area contributed by atoms with Gasteiger partial charge in [0.15, 0.2) is 11.6 Å². The second-order valence-corrected chi connectivity index (χ2v) is 5.92. The highest BCUT2D eigenvalue weighted by molar-refractivity contribution is 7.99. The Morgan fingerprint density at radius 2 is 1.90 bits per heavy atom. The van der Waals surface area contributed by atoms with Crippen molar-refractivity contribution in [3.63, 3.8) is 0 Å². The van der Waals surface area contributed by atoms with Crippen molar-refractivity contribution in [1.29, 1.82) is 0 Å². The van der Waals surface area contributed by atoms with Gasteiger partial charge in [0.25, 0.3) is 0 Å². The minimum absolute atomic E-state index is 0.201. The molecule has 1 aromatic heterocycles. The average molecular weight is 308 g/mol. The summed E-state index contributed by atoms with van der Waals surface area (Å²) < 4.78 is 26.0. The van der Waals surface area contributed by atoms with Gasteiger partial charge >= 0.3 is 0 Å². The summed E-state index contributed by atoms with van der Waals surface area (Å²) in [6.45, 7) is 5.14. The molecule has 112 valence electrons. The van der Waals surface area contributed by atoms with Gasteiger partial charge in [0, 0.05) is 22.0 Å². The van der Waals surface area contributed by atoms with Gasteiger partial charge in [-0.3, -0.25) is 4.98 Å². The monoisotopic (exact) mass is 308 g/mol. The molecule has 5 heteroatoms. The summed E-state index contributed by atoms with van der Waals surface area (Å²) in [7, 11) is 0. The first-order chi connectivity index (χ1) is 10.1. The molecule has 1 heterocycles. The largest absolute Gasteiger partial charge is 0.309 e. The van der Waals surface area contributed by atoms with Gasteiger partial charge in [0.1, 0.15) is 0 Å². The molecule has 1 atom stereocenters. The molecule has 1 unspecified atom stereocenters. The van der Waals surface area contributed by atoms with Crippen LogP contribution in [0.4, 0.5) is 8.78 Å². The smallest absolute Gasteiger partial charge is 0.159 e. The Morgan fingerprint density at radius 1 is 1.14 bits per heavy atom. The SMILES string of the molecule is CCCNC(C)c1ccc(Sc2ccc(F)c(F)c2)cn1. The van der Waals surface area contributed by atoms with E-state index in [4.69, 9.17) is 0 Å². The highest BCUT2D eigenvalue weighted by Crippen LogP contribution is 2.28. The first-order valence-corrected chi connectivity index (χ1v) is 7.74. The van der Waals surface area contributed by atoms with Gasteiger partial charge in [-0.2, -0.15) is 0 Å². The Morgan fingerprint density at radius 3 is 2.52 bits per heavy atom.